The minimum Gasteiger partial charge on any atom is -0.469 e. The second-order valence-corrected chi connectivity index (χ2v) is 19.9. The van der Waals surface area contributed by atoms with Gasteiger partial charge in [-0.1, -0.05) is 46.4 Å². The topological polar surface area (TPSA) is 169 Å². The van der Waals surface area contributed by atoms with Gasteiger partial charge in [0.15, 0.2) is 13.4 Å². The lowest BCUT2D eigenvalue weighted by Crippen LogP contribution is -2.53. The number of amides is 1. The highest BCUT2D eigenvalue weighted by Crippen LogP contribution is 2.38. The molecule has 1 amide bonds. The van der Waals surface area contributed by atoms with Crippen LogP contribution in [0.25, 0.3) is 0 Å². The van der Waals surface area contributed by atoms with Crippen LogP contribution in [0.15, 0.2) is 0 Å². The van der Waals surface area contributed by atoms with E-state index in [1.165, 1.54) is 7.11 Å². The van der Waals surface area contributed by atoms with Gasteiger partial charge < -0.3 is 35.4 Å². The monoisotopic (exact) mass is 635 g/mol. The van der Waals surface area contributed by atoms with E-state index in [2.05, 4.69) is 43.9 Å². The highest BCUT2D eigenvalue weighted by atomic mass is 32.2. The molecule has 0 rings (SSSR count). The van der Waals surface area contributed by atoms with Crippen LogP contribution < -0.4 is 16.8 Å². The third kappa shape index (κ3) is 16.8. The number of nitrogens with two attached hydrogens (primary N) is 2. The van der Waals surface area contributed by atoms with Crippen molar-refractivity contribution in [2.45, 2.75) is 129 Å². The molecule has 0 bridgehead atoms. The number of carbonyl (C=O) groups excluding carboxylic acids is 4. The van der Waals surface area contributed by atoms with Gasteiger partial charge in [-0.25, -0.2) is 4.79 Å². The van der Waals surface area contributed by atoms with Gasteiger partial charge in [-0.15, -0.1) is 0 Å². The van der Waals surface area contributed by atoms with Crippen LogP contribution in [0.5, 0.6) is 0 Å². The van der Waals surface area contributed by atoms with Gasteiger partial charge in [0.2, 0.25) is 0 Å². The number of rotatable bonds is 17. The molecule has 3 atom stereocenters. The number of alkyl carbamates (subject to hydrolysis) is 1. The Hall–Kier alpha value is -1.67. The summed E-state index contributed by atoms with van der Waals surface area (Å²) in [6.07, 6.45) is 0.379. The Morgan fingerprint density at radius 3 is 2.00 bits per heavy atom. The molecule has 42 heavy (non-hydrogen) atoms. The Labute approximate surface area is 258 Å². The van der Waals surface area contributed by atoms with Gasteiger partial charge >= 0.3 is 18.0 Å². The minimum absolute atomic E-state index is 0.000178. The highest BCUT2D eigenvalue weighted by Gasteiger charge is 2.42. The number of ether oxygens (including phenoxy) is 3. The fourth-order valence-corrected chi connectivity index (χ4v) is 5.60. The molecular formula is C29H57N3O8SSi. The summed E-state index contributed by atoms with van der Waals surface area (Å²) in [7, 11) is -0.804. The zero-order chi connectivity index (χ0) is 32.9. The molecule has 5 N–H and O–H groups in total. The van der Waals surface area contributed by atoms with Crippen LogP contribution in [0.4, 0.5) is 4.79 Å². The van der Waals surface area contributed by atoms with Gasteiger partial charge in [0.05, 0.1) is 13.5 Å². The third-order valence-corrected chi connectivity index (χ3v) is 12.6. The molecule has 0 aromatic heterocycles. The van der Waals surface area contributed by atoms with E-state index in [9.17, 15) is 19.2 Å². The first kappa shape index (κ1) is 40.3. The van der Waals surface area contributed by atoms with Crippen molar-refractivity contribution in [3.8, 4) is 0 Å². The van der Waals surface area contributed by atoms with Crippen LogP contribution in [0.1, 0.15) is 87.5 Å². The van der Waals surface area contributed by atoms with Gasteiger partial charge in [0.25, 0.3) is 0 Å². The van der Waals surface area contributed by atoms with E-state index in [0.717, 1.165) is 11.8 Å². The molecular weight excluding hydrogens is 578 g/mol. The van der Waals surface area contributed by atoms with Gasteiger partial charge in [-0.05, 0) is 58.2 Å². The summed E-state index contributed by atoms with van der Waals surface area (Å²) < 4.78 is 22.1. The number of thioether (sulfide) groups is 1. The summed E-state index contributed by atoms with van der Waals surface area (Å²) in [6.45, 7) is 19.9. The van der Waals surface area contributed by atoms with Crippen molar-refractivity contribution in [3.05, 3.63) is 0 Å². The molecule has 13 heteroatoms. The van der Waals surface area contributed by atoms with Gasteiger partial charge in [-0.3, -0.25) is 14.4 Å². The minimum atomic E-state index is -2.09. The third-order valence-electron chi connectivity index (χ3n) is 7.19. The lowest BCUT2D eigenvalue weighted by atomic mass is 9.81. The van der Waals surface area contributed by atoms with Crippen LogP contribution >= 0.6 is 11.8 Å². The molecule has 0 heterocycles. The Morgan fingerprint density at radius 1 is 0.881 bits per heavy atom. The molecule has 0 aromatic carbocycles. The van der Waals surface area contributed by atoms with Crippen LogP contribution in [-0.2, 0) is 33.0 Å². The molecule has 0 fully saturated rings. The van der Waals surface area contributed by atoms with Gasteiger partial charge in [0, 0.05) is 36.3 Å². The highest BCUT2D eigenvalue weighted by molar-refractivity contribution is 8.13. The molecule has 0 aromatic rings. The predicted octanol–water partition coefficient (Wildman–Crippen LogP) is 4.51. The second kappa shape index (κ2) is 17.6. The molecule has 246 valence electrons. The molecule has 0 aliphatic heterocycles. The first-order chi connectivity index (χ1) is 19.0. The Morgan fingerprint density at radius 2 is 1.48 bits per heavy atom. The van der Waals surface area contributed by atoms with Crippen molar-refractivity contribution >= 4 is 43.2 Å². The summed E-state index contributed by atoms with van der Waals surface area (Å²) >= 11 is 1.15. The molecule has 0 saturated carbocycles. The fourth-order valence-electron chi connectivity index (χ4n) is 3.54. The van der Waals surface area contributed by atoms with E-state index >= 15 is 0 Å². The van der Waals surface area contributed by atoms with Gasteiger partial charge in [0.1, 0.15) is 18.2 Å². The standard InChI is InChI=1S/C29H57N3O8SSi/c1-27(2,3)40-26(36)32-18-23(34)39-25(29(7,8)19-38-42(10,11)28(4,5)6)21(31)13-12-20(30)16-17-41-24(35)15-14-22(33)37-9/h20-21,25H,12-19,30-31H2,1-11H3,(H,32,36). The first-order valence-electron chi connectivity index (χ1n) is 14.5. The predicted molar refractivity (Wildman–Crippen MR) is 170 cm³/mol. The average molecular weight is 636 g/mol. The summed E-state index contributed by atoms with van der Waals surface area (Å²) in [6, 6.07) is -0.761. The molecule has 0 spiro atoms. The summed E-state index contributed by atoms with van der Waals surface area (Å²) in [4.78, 5) is 48.0. The van der Waals surface area contributed by atoms with Crippen LogP contribution in [0, 0.1) is 5.41 Å². The number of hydrogen-bond acceptors (Lipinski definition) is 11. The van der Waals surface area contributed by atoms with Crippen molar-refractivity contribution in [1.82, 2.24) is 5.32 Å². The number of carbonyl (C=O) groups is 4. The first-order valence-corrected chi connectivity index (χ1v) is 18.4. The van der Waals surface area contributed by atoms with Crippen molar-refractivity contribution in [2.75, 3.05) is 26.0 Å². The SMILES string of the molecule is COC(=O)CCC(=O)SCCC(N)CCC(N)C(OC(=O)CNC(=O)OC(C)(C)C)C(C)(C)CO[Si](C)(C)C(C)(C)C. The van der Waals surface area contributed by atoms with Crippen molar-refractivity contribution in [3.63, 3.8) is 0 Å². The van der Waals surface area contributed by atoms with E-state index in [0.29, 0.717) is 31.6 Å². The molecule has 11 nitrogen and oxygen atoms in total. The summed E-state index contributed by atoms with van der Waals surface area (Å²) in [5.41, 5.74) is 11.6. The van der Waals surface area contributed by atoms with Crippen LogP contribution in [0.3, 0.4) is 0 Å². The molecule has 3 unspecified atom stereocenters. The smallest absolute Gasteiger partial charge is 0.408 e. The molecule has 0 radical (unpaired) electrons. The Balaban J connectivity index is 5.29. The van der Waals surface area contributed by atoms with Gasteiger partial charge in [-0.2, -0.15) is 0 Å². The fraction of sp³-hybridized carbons (Fsp3) is 0.862. The summed E-state index contributed by atoms with van der Waals surface area (Å²) in [5.74, 6) is -0.521. The van der Waals surface area contributed by atoms with E-state index in [1.807, 2.05) is 13.8 Å². The number of hydrogen-bond donors (Lipinski definition) is 3. The lowest BCUT2D eigenvalue weighted by molar-refractivity contribution is -0.157. The maximum atomic E-state index is 12.8. The molecule has 0 aliphatic carbocycles. The quantitative estimate of drug-likeness (QED) is 0.117. The second-order valence-electron chi connectivity index (χ2n) is 13.9. The average Bonchev–Trinajstić information content (AvgIpc) is 2.84. The number of methoxy groups -OCH3 is 1. The van der Waals surface area contributed by atoms with E-state index in [4.69, 9.17) is 25.4 Å². The van der Waals surface area contributed by atoms with Crippen molar-refractivity contribution < 1.29 is 37.8 Å². The lowest BCUT2D eigenvalue weighted by Gasteiger charge is -2.42. The van der Waals surface area contributed by atoms with E-state index < -0.39 is 49.5 Å². The molecule has 0 saturated heterocycles. The van der Waals surface area contributed by atoms with E-state index in [1.54, 1.807) is 20.8 Å². The number of esters is 2. The largest absolute Gasteiger partial charge is 0.469 e. The van der Waals surface area contributed by atoms with Crippen molar-refractivity contribution in [1.29, 1.82) is 0 Å². The van der Waals surface area contributed by atoms with E-state index in [-0.39, 0.29) is 35.6 Å². The van der Waals surface area contributed by atoms with Crippen LogP contribution in [0.2, 0.25) is 18.1 Å². The zero-order valence-corrected chi connectivity index (χ0v) is 29.5. The zero-order valence-electron chi connectivity index (χ0n) is 27.7. The Kier molecular flexibility index (Phi) is 16.9. The Bertz CT molecular complexity index is 887. The maximum Gasteiger partial charge on any atom is 0.408 e. The number of nitrogens with one attached hydrogen (secondary N) is 1. The maximum absolute atomic E-state index is 12.8. The van der Waals surface area contributed by atoms with Crippen LogP contribution in [-0.4, -0.2) is 81.3 Å². The summed E-state index contributed by atoms with van der Waals surface area (Å²) in [5, 5.41) is 2.35. The van der Waals surface area contributed by atoms with Crippen molar-refractivity contribution in [2.24, 2.45) is 16.9 Å². The normalized spacial score (nSPS) is 14.9. The molecule has 0 aliphatic rings.